The Hall–Kier alpha value is -1.51. The Bertz CT molecular complexity index is 294. The van der Waals surface area contributed by atoms with Gasteiger partial charge in [0.1, 0.15) is 17.9 Å². The monoisotopic (exact) mass is 179 g/mol. The molecular formula is C10H11O3. The third-order valence-electron chi connectivity index (χ3n) is 1.49. The smallest absolute Gasteiger partial charge is 0.339 e. The lowest BCUT2D eigenvalue weighted by Crippen LogP contribution is -2.00. The van der Waals surface area contributed by atoms with Crippen LogP contribution < -0.4 is 4.74 Å². The Morgan fingerprint density at radius 3 is 2.85 bits per heavy atom. The zero-order chi connectivity index (χ0) is 9.68. The van der Waals surface area contributed by atoms with Crippen molar-refractivity contribution >= 4 is 5.97 Å². The van der Waals surface area contributed by atoms with Gasteiger partial charge in [-0.2, -0.15) is 0 Å². The first kappa shape index (κ1) is 9.58. The third kappa shape index (κ3) is 2.47. The predicted molar refractivity (Wildman–Crippen MR) is 48.6 cm³/mol. The van der Waals surface area contributed by atoms with Gasteiger partial charge in [-0.25, -0.2) is 4.79 Å². The highest BCUT2D eigenvalue weighted by molar-refractivity contribution is 5.90. The zero-order valence-corrected chi connectivity index (χ0v) is 7.36. The van der Waals surface area contributed by atoms with E-state index in [1.54, 1.807) is 24.8 Å². The van der Waals surface area contributed by atoms with Gasteiger partial charge in [0.15, 0.2) is 0 Å². The molecule has 1 aromatic rings. The summed E-state index contributed by atoms with van der Waals surface area (Å²) in [5.41, 5.74) is 0.187. The molecule has 0 amide bonds. The maximum absolute atomic E-state index is 10.7. The van der Waals surface area contributed by atoms with E-state index in [0.29, 0.717) is 5.75 Å². The van der Waals surface area contributed by atoms with Crippen LogP contribution in [0.2, 0.25) is 0 Å². The van der Waals surface area contributed by atoms with Crippen molar-refractivity contribution < 1.29 is 14.6 Å². The van der Waals surface area contributed by atoms with Crippen LogP contribution in [-0.4, -0.2) is 11.1 Å². The SMILES string of the molecule is CC[CH]Oc1ccccc1C(=O)O. The van der Waals surface area contributed by atoms with Gasteiger partial charge in [0.05, 0.1) is 0 Å². The molecule has 0 aromatic heterocycles. The summed E-state index contributed by atoms with van der Waals surface area (Å²) in [5, 5.41) is 8.77. The van der Waals surface area contributed by atoms with Gasteiger partial charge in [-0.3, -0.25) is 0 Å². The molecule has 0 aliphatic carbocycles. The average Bonchev–Trinajstić information content (AvgIpc) is 2.15. The highest BCUT2D eigenvalue weighted by atomic mass is 16.5. The maximum atomic E-state index is 10.7. The standard InChI is InChI=1S/C10H11O3/c1-2-7-13-9-6-4-3-5-8(9)10(11)12/h3-7H,2H2,1H3,(H,11,12). The van der Waals surface area contributed by atoms with Gasteiger partial charge in [0.25, 0.3) is 0 Å². The van der Waals surface area contributed by atoms with Crippen molar-refractivity contribution in [1.82, 2.24) is 0 Å². The summed E-state index contributed by atoms with van der Waals surface area (Å²) in [6.45, 7) is 3.49. The molecule has 1 radical (unpaired) electrons. The molecule has 0 fully saturated rings. The van der Waals surface area contributed by atoms with Crippen molar-refractivity contribution in [3.8, 4) is 5.75 Å². The second kappa shape index (κ2) is 4.50. The van der Waals surface area contributed by atoms with Crippen LogP contribution in [-0.2, 0) is 0 Å². The van der Waals surface area contributed by atoms with Crippen LogP contribution in [0.5, 0.6) is 5.75 Å². The molecular weight excluding hydrogens is 168 g/mol. The third-order valence-corrected chi connectivity index (χ3v) is 1.49. The highest BCUT2D eigenvalue weighted by Gasteiger charge is 2.09. The minimum atomic E-state index is -0.972. The zero-order valence-electron chi connectivity index (χ0n) is 7.36. The predicted octanol–water partition coefficient (Wildman–Crippen LogP) is 2.34. The average molecular weight is 179 g/mol. The summed E-state index contributed by atoms with van der Waals surface area (Å²) >= 11 is 0. The molecule has 69 valence electrons. The fourth-order valence-corrected chi connectivity index (χ4v) is 0.919. The van der Waals surface area contributed by atoms with E-state index in [1.807, 2.05) is 6.92 Å². The van der Waals surface area contributed by atoms with E-state index in [4.69, 9.17) is 9.84 Å². The molecule has 1 N–H and O–H groups in total. The van der Waals surface area contributed by atoms with Crippen molar-refractivity contribution in [3.63, 3.8) is 0 Å². The topological polar surface area (TPSA) is 46.5 Å². The molecule has 0 unspecified atom stereocenters. The van der Waals surface area contributed by atoms with Gasteiger partial charge in [-0.05, 0) is 18.6 Å². The normalized spacial score (nSPS) is 9.62. The molecule has 0 spiro atoms. The molecule has 0 aliphatic rings. The molecule has 3 nitrogen and oxygen atoms in total. The van der Waals surface area contributed by atoms with Crippen molar-refractivity contribution in [2.75, 3.05) is 0 Å². The van der Waals surface area contributed by atoms with E-state index < -0.39 is 5.97 Å². The summed E-state index contributed by atoms with van der Waals surface area (Å²) < 4.78 is 5.14. The molecule has 13 heavy (non-hydrogen) atoms. The van der Waals surface area contributed by atoms with Crippen LogP contribution in [0.25, 0.3) is 0 Å². The summed E-state index contributed by atoms with van der Waals surface area (Å²) in [6.07, 6.45) is 0.744. The second-order valence-electron chi connectivity index (χ2n) is 2.49. The van der Waals surface area contributed by atoms with Crippen LogP contribution in [0.15, 0.2) is 24.3 Å². The fraction of sp³-hybridized carbons (Fsp3) is 0.200. The molecule has 0 saturated heterocycles. The van der Waals surface area contributed by atoms with Gasteiger partial charge in [0, 0.05) is 0 Å². The molecule has 0 saturated carbocycles. The van der Waals surface area contributed by atoms with Crippen molar-refractivity contribution in [2.45, 2.75) is 13.3 Å². The van der Waals surface area contributed by atoms with Crippen LogP contribution in [0.4, 0.5) is 0 Å². The lowest BCUT2D eigenvalue weighted by Gasteiger charge is -2.05. The van der Waals surface area contributed by atoms with Crippen molar-refractivity contribution in [1.29, 1.82) is 0 Å². The molecule has 0 bridgehead atoms. The second-order valence-corrected chi connectivity index (χ2v) is 2.49. The first-order valence-electron chi connectivity index (χ1n) is 4.06. The van der Waals surface area contributed by atoms with Crippen LogP contribution in [0, 0.1) is 6.61 Å². The van der Waals surface area contributed by atoms with Gasteiger partial charge in [-0.15, -0.1) is 0 Å². The quantitative estimate of drug-likeness (QED) is 0.771. The van der Waals surface area contributed by atoms with Crippen molar-refractivity contribution in [3.05, 3.63) is 36.4 Å². The Balaban J connectivity index is 2.84. The number of para-hydroxylation sites is 1. The number of hydrogen-bond acceptors (Lipinski definition) is 2. The lowest BCUT2D eigenvalue weighted by molar-refractivity contribution is 0.0693. The number of carboxylic acids is 1. The molecule has 0 atom stereocenters. The first-order chi connectivity index (χ1) is 6.25. The van der Waals surface area contributed by atoms with E-state index in [-0.39, 0.29) is 5.56 Å². The van der Waals surface area contributed by atoms with Gasteiger partial charge >= 0.3 is 5.97 Å². The number of carbonyl (C=O) groups is 1. The molecule has 3 heteroatoms. The van der Waals surface area contributed by atoms with E-state index in [0.717, 1.165) is 6.42 Å². The van der Waals surface area contributed by atoms with E-state index in [2.05, 4.69) is 0 Å². The Kier molecular flexibility index (Phi) is 3.31. The number of hydrogen-bond donors (Lipinski definition) is 1. The molecule has 0 heterocycles. The highest BCUT2D eigenvalue weighted by Crippen LogP contribution is 2.18. The van der Waals surface area contributed by atoms with Gasteiger partial charge < -0.3 is 9.84 Å². The number of ether oxygens (including phenoxy) is 1. The summed E-state index contributed by atoms with van der Waals surface area (Å²) in [6, 6.07) is 6.56. The first-order valence-corrected chi connectivity index (χ1v) is 4.06. The van der Waals surface area contributed by atoms with E-state index >= 15 is 0 Å². The minimum absolute atomic E-state index is 0.187. The number of carboxylic acid groups (broad SMARTS) is 1. The Labute approximate surface area is 77.0 Å². The largest absolute Gasteiger partial charge is 0.486 e. The summed E-state index contributed by atoms with van der Waals surface area (Å²) in [4.78, 5) is 10.7. The van der Waals surface area contributed by atoms with E-state index in [9.17, 15) is 4.79 Å². The molecule has 1 aromatic carbocycles. The minimum Gasteiger partial charge on any atom is -0.486 e. The molecule has 0 aliphatic heterocycles. The number of rotatable bonds is 4. The Morgan fingerprint density at radius 1 is 1.54 bits per heavy atom. The lowest BCUT2D eigenvalue weighted by atomic mass is 10.2. The Morgan fingerprint density at radius 2 is 2.23 bits per heavy atom. The maximum Gasteiger partial charge on any atom is 0.339 e. The van der Waals surface area contributed by atoms with Gasteiger partial charge in [0.2, 0.25) is 0 Å². The summed E-state index contributed by atoms with van der Waals surface area (Å²) in [7, 11) is 0. The van der Waals surface area contributed by atoms with Crippen LogP contribution >= 0.6 is 0 Å². The van der Waals surface area contributed by atoms with E-state index in [1.165, 1.54) is 6.07 Å². The number of benzene rings is 1. The van der Waals surface area contributed by atoms with Crippen LogP contribution in [0.1, 0.15) is 23.7 Å². The number of aromatic carboxylic acids is 1. The van der Waals surface area contributed by atoms with Crippen molar-refractivity contribution in [2.24, 2.45) is 0 Å². The van der Waals surface area contributed by atoms with Crippen LogP contribution in [0.3, 0.4) is 0 Å². The fourth-order valence-electron chi connectivity index (χ4n) is 0.919. The summed E-state index contributed by atoms with van der Waals surface area (Å²) in [5.74, 6) is -0.586. The van der Waals surface area contributed by atoms with Gasteiger partial charge in [-0.1, -0.05) is 19.1 Å². The molecule has 1 rings (SSSR count).